The number of amides is 3. The van der Waals surface area contributed by atoms with Gasteiger partial charge in [-0.15, -0.1) is 12.4 Å². The molecule has 0 saturated carbocycles. The van der Waals surface area contributed by atoms with Crippen LogP contribution in [-0.4, -0.2) is 50.1 Å². The molecule has 0 radical (unpaired) electrons. The second kappa shape index (κ2) is 10.2. The number of nitrogens with zero attached hydrogens (tertiary/aromatic N) is 1. The Morgan fingerprint density at radius 3 is 2.58 bits per heavy atom. The molecule has 0 aliphatic carbocycles. The number of rotatable bonds is 5. The molecule has 134 valence electrons. The van der Waals surface area contributed by atoms with E-state index in [-0.39, 0.29) is 30.9 Å². The second-order valence-corrected chi connectivity index (χ2v) is 6.06. The molecule has 1 heterocycles. The molecule has 1 aromatic carbocycles. The van der Waals surface area contributed by atoms with Crippen molar-refractivity contribution in [2.75, 3.05) is 38.5 Å². The van der Waals surface area contributed by atoms with Crippen molar-refractivity contribution in [1.29, 1.82) is 0 Å². The zero-order valence-electron chi connectivity index (χ0n) is 14.3. The van der Waals surface area contributed by atoms with E-state index in [9.17, 15) is 9.59 Å². The molecule has 1 fully saturated rings. The van der Waals surface area contributed by atoms with Gasteiger partial charge in [0.25, 0.3) is 0 Å². The summed E-state index contributed by atoms with van der Waals surface area (Å²) in [6, 6.07) is 7.19. The van der Waals surface area contributed by atoms with Gasteiger partial charge in [-0.25, -0.2) is 4.79 Å². The molecule has 3 amide bonds. The molecule has 3 N–H and O–H groups in total. The molecule has 7 heteroatoms. The van der Waals surface area contributed by atoms with Crippen molar-refractivity contribution in [2.24, 2.45) is 5.92 Å². The Morgan fingerprint density at radius 2 is 1.96 bits per heavy atom. The summed E-state index contributed by atoms with van der Waals surface area (Å²) in [5.41, 5.74) is 1.80. The van der Waals surface area contributed by atoms with Gasteiger partial charge in [0.1, 0.15) is 0 Å². The first-order valence-electron chi connectivity index (χ1n) is 8.12. The molecule has 2 rings (SSSR count). The number of nitrogens with one attached hydrogen (secondary N) is 3. The average molecular weight is 355 g/mol. The van der Waals surface area contributed by atoms with E-state index in [4.69, 9.17) is 0 Å². The topological polar surface area (TPSA) is 73.5 Å². The molecule has 0 unspecified atom stereocenters. The Morgan fingerprint density at radius 1 is 1.25 bits per heavy atom. The lowest BCUT2D eigenvalue weighted by atomic mass is 9.97. The van der Waals surface area contributed by atoms with Gasteiger partial charge in [-0.2, -0.15) is 0 Å². The van der Waals surface area contributed by atoms with Gasteiger partial charge >= 0.3 is 6.03 Å². The summed E-state index contributed by atoms with van der Waals surface area (Å²) in [5, 5.41) is 8.55. The standard InChI is InChI=1S/C17H26N4O2.ClH/c1-13-4-3-5-15(10-13)20-17(23)19-12-16(22)21-8-6-14(7-9-21)11-18-2;/h3-5,10,14,18H,6-9,11-12H2,1-2H3,(H2,19,20,23);1H. The van der Waals surface area contributed by atoms with E-state index in [2.05, 4.69) is 16.0 Å². The minimum Gasteiger partial charge on any atom is -0.341 e. The molecule has 0 atom stereocenters. The van der Waals surface area contributed by atoms with Gasteiger partial charge < -0.3 is 20.9 Å². The van der Waals surface area contributed by atoms with Gasteiger partial charge in [-0.05, 0) is 57.0 Å². The number of halogens is 1. The first-order chi connectivity index (χ1) is 11.1. The normalized spacial score (nSPS) is 14.7. The van der Waals surface area contributed by atoms with Crippen molar-refractivity contribution in [3.05, 3.63) is 29.8 Å². The van der Waals surface area contributed by atoms with E-state index in [0.717, 1.165) is 43.7 Å². The summed E-state index contributed by atoms with van der Waals surface area (Å²) in [5.74, 6) is 0.619. The van der Waals surface area contributed by atoms with Crippen LogP contribution in [0.4, 0.5) is 10.5 Å². The molecule has 0 spiro atoms. The van der Waals surface area contributed by atoms with Gasteiger partial charge in [0, 0.05) is 18.8 Å². The number of likely N-dealkylation sites (tertiary alicyclic amines) is 1. The predicted molar refractivity (Wildman–Crippen MR) is 98.7 cm³/mol. The predicted octanol–water partition coefficient (Wildman–Crippen LogP) is 2.00. The third-order valence-electron chi connectivity index (χ3n) is 4.14. The van der Waals surface area contributed by atoms with Crippen molar-refractivity contribution in [2.45, 2.75) is 19.8 Å². The molecular weight excluding hydrogens is 328 g/mol. The summed E-state index contributed by atoms with van der Waals surface area (Å²) >= 11 is 0. The lowest BCUT2D eigenvalue weighted by Crippen LogP contribution is -2.45. The summed E-state index contributed by atoms with van der Waals surface area (Å²) in [6.45, 7) is 4.54. The molecule has 24 heavy (non-hydrogen) atoms. The lowest BCUT2D eigenvalue weighted by molar-refractivity contribution is -0.131. The molecule has 1 aliphatic rings. The van der Waals surface area contributed by atoms with Crippen LogP contribution in [0.2, 0.25) is 0 Å². The van der Waals surface area contributed by atoms with Crippen molar-refractivity contribution in [3.8, 4) is 0 Å². The number of carbonyl (C=O) groups is 2. The van der Waals surface area contributed by atoms with Crippen LogP contribution in [-0.2, 0) is 4.79 Å². The van der Waals surface area contributed by atoms with Crippen LogP contribution >= 0.6 is 12.4 Å². The molecule has 1 aliphatic heterocycles. The summed E-state index contributed by atoms with van der Waals surface area (Å²) in [4.78, 5) is 25.8. The highest BCUT2D eigenvalue weighted by molar-refractivity contribution is 5.92. The van der Waals surface area contributed by atoms with Crippen LogP contribution in [0.1, 0.15) is 18.4 Å². The molecular formula is C17H27ClN4O2. The van der Waals surface area contributed by atoms with Crippen LogP contribution < -0.4 is 16.0 Å². The third kappa shape index (κ3) is 6.37. The zero-order chi connectivity index (χ0) is 16.7. The Kier molecular flexibility index (Phi) is 8.57. The quantitative estimate of drug-likeness (QED) is 0.757. The first kappa shape index (κ1) is 20.3. The van der Waals surface area contributed by atoms with Crippen LogP contribution in [0.3, 0.4) is 0 Å². The number of benzene rings is 1. The van der Waals surface area contributed by atoms with Crippen molar-refractivity contribution in [3.63, 3.8) is 0 Å². The average Bonchev–Trinajstić information content (AvgIpc) is 2.54. The van der Waals surface area contributed by atoms with E-state index >= 15 is 0 Å². The van der Waals surface area contributed by atoms with Crippen LogP contribution in [0.15, 0.2) is 24.3 Å². The fourth-order valence-corrected chi connectivity index (χ4v) is 2.84. The number of aryl methyl sites for hydroxylation is 1. The Labute approximate surface area is 149 Å². The maximum atomic E-state index is 12.1. The highest BCUT2D eigenvalue weighted by Gasteiger charge is 2.22. The van der Waals surface area contributed by atoms with E-state index in [1.165, 1.54) is 0 Å². The molecule has 0 aromatic heterocycles. The second-order valence-electron chi connectivity index (χ2n) is 6.06. The minimum absolute atomic E-state index is 0. The Balaban J connectivity index is 0.00000288. The van der Waals surface area contributed by atoms with E-state index in [0.29, 0.717) is 5.92 Å². The van der Waals surface area contributed by atoms with Gasteiger partial charge in [0.15, 0.2) is 0 Å². The molecule has 1 saturated heterocycles. The number of piperidine rings is 1. The SMILES string of the molecule is CNCC1CCN(C(=O)CNC(=O)Nc2cccc(C)c2)CC1.Cl. The van der Waals surface area contributed by atoms with Crippen LogP contribution in [0, 0.1) is 12.8 Å². The van der Waals surface area contributed by atoms with E-state index in [1.807, 2.05) is 43.1 Å². The maximum Gasteiger partial charge on any atom is 0.319 e. The lowest BCUT2D eigenvalue weighted by Gasteiger charge is -2.32. The van der Waals surface area contributed by atoms with Gasteiger partial charge in [0.05, 0.1) is 6.54 Å². The van der Waals surface area contributed by atoms with Crippen LogP contribution in [0.5, 0.6) is 0 Å². The summed E-state index contributed by atoms with van der Waals surface area (Å²) in [6.07, 6.45) is 2.03. The number of anilines is 1. The van der Waals surface area contributed by atoms with Gasteiger partial charge in [-0.3, -0.25) is 4.79 Å². The van der Waals surface area contributed by atoms with Crippen LogP contribution in [0.25, 0.3) is 0 Å². The summed E-state index contributed by atoms with van der Waals surface area (Å²) in [7, 11) is 1.95. The molecule has 0 bridgehead atoms. The van der Waals surface area contributed by atoms with Crippen molar-refractivity contribution in [1.82, 2.24) is 15.5 Å². The Hall–Kier alpha value is -1.79. The molecule has 1 aromatic rings. The van der Waals surface area contributed by atoms with Gasteiger partial charge in [-0.1, -0.05) is 12.1 Å². The highest BCUT2D eigenvalue weighted by atomic mass is 35.5. The Bertz CT molecular complexity index is 545. The minimum atomic E-state index is -0.353. The monoisotopic (exact) mass is 354 g/mol. The van der Waals surface area contributed by atoms with Crippen molar-refractivity contribution >= 4 is 30.0 Å². The molecule has 6 nitrogen and oxygen atoms in total. The maximum absolute atomic E-state index is 12.1. The first-order valence-corrected chi connectivity index (χ1v) is 8.12. The van der Waals surface area contributed by atoms with E-state index in [1.54, 1.807) is 0 Å². The fourth-order valence-electron chi connectivity index (χ4n) is 2.84. The number of hydrogen-bond donors (Lipinski definition) is 3. The summed E-state index contributed by atoms with van der Waals surface area (Å²) < 4.78 is 0. The fraction of sp³-hybridized carbons (Fsp3) is 0.529. The number of hydrogen-bond acceptors (Lipinski definition) is 3. The van der Waals surface area contributed by atoms with E-state index < -0.39 is 0 Å². The largest absolute Gasteiger partial charge is 0.341 e. The third-order valence-corrected chi connectivity index (χ3v) is 4.14. The highest BCUT2D eigenvalue weighted by Crippen LogP contribution is 2.16. The zero-order valence-corrected chi connectivity index (χ0v) is 15.1. The van der Waals surface area contributed by atoms with Crippen molar-refractivity contribution < 1.29 is 9.59 Å². The smallest absolute Gasteiger partial charge is 0.319 e. The van der Waals surface area contributed by atoms with Gasteiger partial charge in [0.2, 0.25) is 5.91 Å². The number of carbonyl (C=O) groups excluding carboxylic acids is 2. The number of urea groups is 1.